The highest BCUT2D eigenvalue weighted by molar-refractivity contribution is 5.80. The monoisotopic (exact) mass is 803 g/mol. The van der Waals surface area contributed by atoms with Gasteiger partial charge >= 0.3 is 0 Å². The summed E-state index contributed by atoms with van der Waals surface area (Å²) in [6, 6.07) is 18.5. The van der Waals surface area contributed by atoms with Crippen molar-refractivity contribution in [3.05, 3.63) is 145 Å². The molecule has 10 aromatic heterocycles. The molecule has 0 saturated carbocycles. The molecular weight excluding hydrogens is 747 g/mol. The van der Waals surface area contributed by atoms with E-state index in [9.17, 15) is 0 Å². The summed E-state index contributed by atoms with van der Waals surface area (Å²) in [7, 11) is 0. The van der Waals surface area contributed by atoms with Gasteiger partial charge in [0, 0.05) is 59.5 Å². The van der Waals surface area contributed by atoms with Gasteiger partial charge in [-0.1, -0.05) is 69.2 Å². The Labute approximate surface area is 351 Å². The van der Waals surface area contributed by atoms with E-state index >= 15 is 0 Å². The Balaban J connectivity index is 0.000000126. The SMILES string of the molecule is CC(C)c1ccnc2[nH]ccc12.CC(C)c1ccnc2[nH]ncc12.CC(C)c1ccnn2cccc12.CC(C)c1ncnc2[nH]ccc12.CC(C)c1ncnn2cccc12. The van der Waals surface area contributed by atoms with E-state index in [0.29, 0.717) is 29.6 Å². The minimum atomic E-state index is 0.449. The average molecular weight is 804 g/mol. The topological polar surface area (TPSA) is 159 Å². The van der Waals surface area contributed by atoms with E-state index < -0.39 is 0 Å². The third-order valence-electron chi connectivity index (χ3n) is 10.1. The lowest BCUT2D eigenvalue weighted by Gasteiger charge is -2.06. The summed E-state index contributed by atoms with van der Waals surface area (Å²) in [6.07, 6.45) is 18.3. The highest BCUT2D eigenvalue weighted by atomic mass is 15.2. The number of H-pyrrole nitrogens is 3. The van der Waals surface area contributed by atoms with E-state index in [4.69, 9.17) is 0 Å². The van der Waals surface area contributed by atoms with Gasteiger partial charge in [-0.05, 0) is 101 Å². The number of hydrogen-bond donors (Lipinski definition) is 3. The molecule has 0 aliphatic rings. The van der Waals surface area contributed by atoms with Crippen molar-refractivity contribution in [2.45, 2.75) is 98.8 Å². The number of aromatic nitrogens is 13. The molecule has 60 heavy (non-hydrogen) atoms. The van der Waals surface area contributed by atoms with Crippen molar-refractivity contribution in [3.8, 4) is 0 Å². The molecule has 13 heteroatoms. The molecule has 0 saturated heterocycles. The molecule has 13 nitrogen and oxygen atoms in total. The van der Waals surface area contributed by atoms with Crippen LogP contribution in [0.2, 0.25) is 0 Å². The Morgan fingerprint density at radius 3 is 1.65 bits per heavy atom. The molecule has 0 atom stereocenters. The molecule has 0 aromatic carbocycles. The molecule has 0 aliphatic carbocycles. The first-order chi connectivity index (χ1) is 28.9. The molecule has 0 fully saturated rings. The number of pyridine rings is 2. The number of aromatic amines is 3. The van der Waals surface area contributed by atoms with Crippen molar-refractivity contribution < 1.29 is 0 Å². The number of rotatable bonds is 5. The fraction of sp³-hybridized carbons (Fsp3) is 0.319. The molecule has 0 unspecified atom stereocenters. The van der Waals surface area contributed by atoms with Crippen LogP contribution in [0.15, 0.2) is 117 Å². The number of hydrogen-bond acceptors (Lipinski definition) is 8. The largest absolute Gasteiger partial charge is 0.346 e. The number of nitrogens with zero attached hydrogens (tertiary/aromatic N) is 10. The summed E-state index contributed by atoms with van der Waals surface area (Å²) in [5.74, 6) is 2.54. The van der Waals surface area contributed by atoms with Gasteiger partial charge in [0.05, 0.1) is 28.6 Å². The Bertz CT molecular complexity index is 2400. The first-order valence-electron chi connectivity index (χ1n) is 20.6. The van der Waals surface area contributed by atoms with Gasteiger partial charge in [-0.25, -0.2) is 34.0 Å². The van der Waals surface area contributed by atoms with Crippen LogP contribution in [0.4, 0.5) is 0 Å². The highest BCUT2D eigenvalue weighted by Crippen LogP contribution is 2.24. The fourth-order valence-corrected chi connectivity index (χ4v) is 7.00. The van der Waals surface area contributed by atoms with Crippen LogP contribution in [0.3, 0.4) is 0 Å². The minimum Gasteiger partial charge on any atom is -0.346 e. The lowest BCUT2D eigenvalue weighted by atomic mass is 10.0. The zero-order valence-electron chi connectivity index (χ0n) is 36.3. The first-order valence-corrected chi connectivity index (χ1v) is 20.6. The van der Waals surface area contributed by atoms with Gasteiger partial charge in [-0.15, -0.1) is 0 Å². The van der Waals surface area contributed by atoms with Crippen molar-refractivity contribution in [2.24, 2.45) is 0 Å². The maximum absolute atomic E-state index is 4.25. The molecule has 0 aliphatic heterocycles. The van der Waals surface area contributed by atoms with Crippen LogP contribution in [0.25, 0.3) is 44.1 Å². The van der Waals surface area contributed by atoms with Crippen molar-refractivity contribution in [1.82, 2.24) is 64.3 Å². The van der Waals surface area contributed by atoms with E-state index in [0.717, 1.165) is 44.6 Å². The van der Waals surface area contributed by atoms with Crippen LogP contribution in [0.1, 0.15) is 127 Å². The normalized spacial score (nSPS) is 11.2. The second kappa shape index (κ2) is 19.8. The molecular formula is C47H57N13. The maximum Gasteiger partial charge on any atom is 0.155 e. The zero-order valence-corrected chi connectivity index (χ0v) is 36.3. The van der Waals surface area contributed by atoms with Gasteiger partial charge in [0.1, 0.15) is 23.9 Å². The fourth-order valence-electron chi connectivity index (χ4n) is 7.00. The van der Waals surface area contributed by atoms with E-state index in [2.05, 4.69) is 149 Å². The van der Waals surface area contributed by atoms with Gasteiger partial charge < -0.3 is 9.97 Å². The highest BCUT2D eigenvalue weighted by Gasteiger charge is 2.09. The van der Waals surface area contributed by atoms with E-state index in [1.54, 1.807) is 12.7 Å². The smallest absolute Gasteiger partial charge is 0.155 e. The van der Waals surface area contributed by atoms with Gasteiger partial charge in [0.2, 0.25) is 0 Å². The van der Waals surface area contributed by atoms with Crippen molar-refractivity contribution in [2.75, 3.05) is 0 Å². The van der Waals surface area contributed by atoms with Crippen LogP contribution >= 0.6 is 0 Å². The Morgan fingerprint density at radius 2 is 1.00 bits per heavy atom. The molecule has 10 rings (SSSR count). The van der Waals surface area contributed by atoms with Crippen LogP contribution < -0.4 is 0 Å². The summed E-state index contributed by atoms with van der Waals surface area (Å²) >= 11 is 0. The predicted octanol–water partition coefficient (Wildman–Crippen LogP) is 11.2. The molecule has 10 heterocycles. The van der Waals surface area contributed by atoms with E-state index in [-0.39, 0.29) is 0 Å². The van der Waals surface area contributed by atoms with Gasteiger partial charge in [0.25, 0.3) is 0 Å². The summed E-state index contributed by atoms with van der Waals surface area (Å²) in [6.45, 7) is 21.7. The van der Waals surface area contributed by atoms with Gasteiger partial charge in [0.15, 0.2) is 5.65 Å². The number of fused-ring (bicyclic) bond motifs is 5. The maximum atomic E-state index is 4.25. The van der Waals surface area contributed by atoms with Crippen molar-refractivity contribution in [3.63, 3.8) is 0 Å². The molecule has 0 bridgehead atoms. The molecule has 0 amide bonds. The summed E-state index contributed by atoms with van der Waals surface area (Å²) < 4.78 is 3.76. The van der Waals surface area contributed by atoms with Gasteiger partial charge in [-0.3, -0.25) is 5.10 Å². The zero-order chi connectivity index (χ0) is 42.8. The third-order valence-corrected chi connectivity index (χ3v) is 10.1. The van der Waals surface area contributed by atoms with E-state index in [1.807, 2.05) is 88.9 Å². The van der Waals surface area contributed by atoms with Crippen LogP contribution in [-0.2, 0) is 0 Å². The Hall–Kier alpha value is -6.76. The molecule has 310 valence electrons. The minimum absolute atomic E-state index is 0.449. The predicted molar refractivity (Wildman–Crippen MR) is 242 cm³/mol. The average Bonchev–Trinajstić information content (AvgIpc) is 4.10. The quantitative estimate of drug-likeness (QED) is 0.155. The Morgan fingerprint density at radius 1 is 0.450 bits per heavy atom. The van der Waals surface area contributed by atoms with Crippen molar-refractivity contribution >= 4 is 44.1 Å². The number of nitrogens with one attached hydrogen (secondary N) is 3. The van der Waals surface area contributed by atoms with Crippen LogP contribution in [-0.4, -0.2) is 64.3 Å². The molecule has 0 radical (unpaired) electrons. The first kappa shape index (κ1) is 42.8. The summed E-state index contributed by atoms with van der Waals surface area (Å²) in [5.41, 5.74) is 11.3. The third kappa shape index (κ3) is 10.1. The molecule has 3 N–H and O–H groups in total. The Kier molecular flexibility index (Phi) is 14.1. The summed E-state index contributed by atoms with van der Waals surface area (Å²) in [5, 5.41) is 18.6. The lowest BCUT2D eigenvalue weighted by molar-refractivity contribution is 0.786. The molecule has 10 aromatic rings. The second-order valence-electron chi connectivity index (χ2n) is 16.1. The van der Waals surface area contributed by atoms with E-state index in [1.165, 1.54) is 27.6 Å². The van der Waals surface area contributed by atoms with Crippen LogP contribution in [0.5, 0.6) is 0 Å². The summed E-state index contributed by atoms with van der Waals surface area (Å²) in [4.78, 5) is 27.2. The van der Waals surface area contributed by atoms with Crippen molar-refractivity contribution in [1.29, 1.82) is 0 Å². The second-order valence-corrected chi connectivity index (χ2v) is 16.1. The van der Waals surface area contributed by atoms with Gasteiger partial charge in [-0.2, -0.15) is 15.3 Å². The molecule has 0 spiro atoms. The van der Waals surface area contributed by atoms with Crippen LogP contribution in [0, 0.1) is 0 Å². The lowest BCUT2D eigenvalue weighted by Crippen LogP contribution is -1.99. The standard InChI is InChI=1S/2C10H12N2.3C9H11N3/c1-7(2)8-3-5-11-10-9(8)4-6-12-10;1-8(2)9-5-6-11-12-7-3-4-10(9)12;1-6(2)8-7-3-4-10-9(7)12-5-11-8;1-6(2)7-3-4-10-9-8(7)5-11-12-9;1-7(2)9-8-4-3-5-12(8)11-6-10-9/h3-7H,1-2H3,(H,11,12);3-8H,1-2H3;2*3-6H,1-2H3,(H,10,11,12);3-7H,1-2H3.